The van der Waals surface area contributed by atoms with Crippen LogP contribution in [0, 0.1) is 0 Å². The second kappa shape index (κ2) is 7.15. The van der Waals surface area contributed by atoms with Gasteiger partial charge in [-0.15, -0.1) is 0 Å². The molecule has 0 saturated heterocycles. The molecule has 2 amide bonds. The molecule has 0 saturated carbocycles. The summed E-state index contributed by atoms with van der Waals surface area (Å²) in [6.45, 7) is 3.51. The molecule has 3 aromatic rings. The third-order valence-electron chi connectivity index (χ3n) is 4.86. The van der Waals surface area contributed by atoms with E-state index in [-0.39, 0.29) is 6.03 Å². The van der Waals surface area contributed by atoms with E-state index in [0.29, 0.717) is 23.9 Å². The Morgan fingerprint density at radius 1 is 1.19 bits per heavy atom. The van der Waals surface area contributed by atoms with E-state index in [2.05, 4.69) is 40.7 Å². The van der Waals surface area contributed by atoms with Gasteiger partial charge in [-0.2, -0.15) is 0 Å². The molecule has 1 aliphatic heterocycles. The van der Waals surface area contributed by atoms with Crippen LogP contribution >= 0.6 is 0 Å². The first kappa shape index (κ1) is 17.1. The summed E-state index contributed by atoms with van der Waals surface area (Å²) in [5.74, 6) is 0. The summed E-state index contributed by atoms with van der Waals surface area (Å²) in [4.78, 5) is 25.7. The fraction of sp³-hybridized carbons (Fsp3) is 0.238. The van der Waals surface area contributed by atoms with Crippen LogP contribution in [0.15, 0.2) is 63.8 Å². The zero-order valence-corrected chi connectivity index (χ0v) is 15.1. The van der Waals surface area contributed by atoms with Gasteiger partial charge in [0.05, 0.1) is 0 Å². The smallest absolute Gasteiger partial charge is 0.336 e. The summed E-state index contributed by atoms with van der Waals surface area (Å²) >= 11 is 0. The van der Waals surface area contributed by atoms with E-state index >= 15 is 0 Å². The summed E-state index contributed by atoms with van der Waals surface area (Å²) in [7, 11) is 0. The number of hydrogen-bond acceptors (Lipinski definition) is 4. The number of fused-ring (bicyclic) bond motifs is 2. The lowest BCUT2D eigenvalue weighted by Crippen LogP contribution is -2.39. The Hall–Kier alpha value is -3.28. The minimum Gasteiger partial charge on any atom is -0.423 e. The summed E-state index contributed by atoms with van der Waals surface area (Å²) in [5, 5.41) is 6.48. The van der Waals surface area contributed by atoms with Crippen molar-refractivity contribution >= 4 is 28.4 Å². The Labute approximate surface area is 156 Å². The minimum absolute atomic E-state index is 0.258. The van der Waals surface area contributed by atoms with E-state index in [1.807, 2.05) is 6.07 Å². The van der Waals surface area contributed by atoms with Gasteiger partial charge in [0.15, 0.2) is 0 Å². The average Bonchev–Trinajstić information content (AvgIpc) is 2.97. The average molecular weight is 363 g/mol. The lowest BCUT2D eigenvalue weighted by atomic mass is 10.1. The fourth-order valence-corrected chi connectivity index (χ4v) is 3.59. The Kier molecular flexibility index (Phi) is 4.54. The maximum atomic E-state index is 12.2. The van der Waals surface area contributed by atoms with E-state index < -0.39 is 5.63 Å². The lowest BCUT2D eigenvalue weighted by Gasteiger charge is -2.25. The van der Waals surface area contributed by atoms with E-state index in [9.17, 15) is 9.59 Å². The normalized spacial score (nSPS) is 15.6. The first-order valence-corrected chi connectivity index (χ1v) is 9.03. The van der Waals surface area contributed by atoms with Gasteiger partial charge in [-0.05, 0) is 49.2 Å². The molecule has 4 rings (SSSR count). The monoisotopic (exact) mass is 363 g/mol. The first-order valence-electron chi connectivity index (χ1n) is 9.03. The Bertz CT molecular complexity index is 1040. The van der Waals surface area contributed by atoms with Crippen LogP contribution in [0.4, 0.5) is 16.2 Å². The lowest BCUT2D eigenvalue weighted by molar-refractivity contribution is 0.252. The quantitative estimate of drug-likeness (QED) is 0.697. The highest BCUT2D eigenvalue weighted by Crippen LogP contribution is 2.31. The molecule has 2 aromatic carbocycles. The van der Waals surface area contributed by atoms with Crippen LogP contribution in [0.25, 0.3) is 11.0 Å². The van der Waals surface area contributed by atoms with Gasteiger partial charge < -0.3 is 20.0 Å². The molecule has 2 N–H and O–H groups in total. The number of nitrogens with zero attached hydrogens (tertiary/aromatic N) is 1. The summed E-state index contributed by atoms with van der Waals surface area (Å²) < 4.78 is 5.09. The van der Waals surface area contributed by atoms with Crippen molar-refractivity contribution < 1.29 is 9.21 Å². The van der Waals surface area contributed by atoms with Gasteiger partial charge in [0.25, 0.3) is 0 Å². The third-order valence-corrected chi connectivity index (χ3v) is 4.86. The fourth-order valence-electron chi connectivity index (χ4n) is 3.59. The second-order valence-electron chi connectivity index (χ2n) is 6.76. The molecule has 1 atom stereocenters. The zero-order chi connectivity index (χ0) is 18.8. The highest BCUT2D eigenvalue weighted by molar-refractivity contribution is 5.92. The Balaban J connectivity index is 1.34. The molecular weight excluding hydrogens is 342 g/mol. The van der Waals surface area contributed by atoms with Gasteiger partial charge in [-0.1, -0.05) is 18.2 Å². The Morgan fingerprint density at radius 3 is 2.93 bits per heavy atom. The van der Waals surface area contributed by atoms with Crippen molar-refractivity contribution in [2.45, 2.75) is 19.4 Å². The molecule has 1 aliphatic rings. The molecule has 2 heterocycles. The maximum Gasteiger partial charge on any atom is 0.336 e. The summed E-state index contributed by atoms with van der Waals surface area (Å²) in [6, 6.07) is 16.8. The van der Waals surface area contributed by atoms with Crippen LogP contribution in [-0.4, -0.2) is 25.2 Å². The van der Waals surface area contributed by atoms with Crippen LogP contribution in [-0.2, 0) is 6.42 Å². The van der Waals surface area contributed by atoms with Crippen molar-refractivity contribution in [1.29, 1.82) is 0 Å². The number of anilines is 2. The van der Waals surface area contributed by atoms with Gasteiger partial charge >= 0.3 is 11.7 Å². The predicted molar refractivity (Wildman–Crippen MR) is 106 cm³/mol. The summed E-state index contributed by atoms with van der Waals surface area (Å²) in [6.07, 6.45) is 1.04. The minimum atomic E-state index is -0.390. The van der Waals surface area contributed by atoms with Crippen molar-refractivity contribution in [3.63, 3.8) is 0 Å². The van der Waals surface area contributed by atoms with Crippen molar-refractivity contribution in [2.75, 3.05) is 23.3 Å². The van der Waals surface area contributed by atoms with E-state index in [1.165, 1.54) is 17.3 Å². The number of urea groups is 1. The van der Waals surface area contributed by atoms with Crippen LogP contribution in [0.3, 0.4) is 0 Å². The van der Waals surface area contributed by atoms with Crippen LogP contribution < -0.4 is 21.2 Å². The molecule has 0 aliphatic carbocycles. The number of para-hydroxylation sites is 1. The number of benzene rings is 2. The highest BCUT2D eigenvalue weighted by atomic mass is 16.4. The van der Waals surface area contributed by atoms with Crippen LogP contribution in [0.1, 0.15) is 12.5 Å². The molecule has 0 spiro atoms. The van der Waals surface area contributed by atoms with Crippen molar-refractivity contribution in [2.24, 2.45) is 0 Å². The van der Waals surface area contributed by atoms with Crippen molar-refractivity contribution in [3.8, 4) is 0 Å². The van der Waals surface area contributed by atoms with Gasteiger partial charge in [-0.25, -0.2) is 9.59 Å². The van der Waals surface area contributed by atoms with Crippen LogP contribution in [0.5, 0.6) is 0 Å². The molecule has 0 bridgehead atoms. The number of nitrogens with one attached hydrogen (secondary N) is 2. The second-order valence-corrected chi connectivity index (χ2v) is 6.76. The van der Waals surface area contributed by atoms with E-state index in [1.54, 1.807) is 24.3 Å². The van der Waals surface area contributed by atoms with Crippen molar-refractivity contribution in [3.05, 3.63) is 70.6 Å². The predicted octanol–water partition coefficient (Wildman–Crippen LogP) is 3.37. The third kappa shape index (κ3) is 3.65. The molecule has 6 heteroatoms. The van der Waals surface area contributed by atoms with Gasteiger partial charge in [0, 0.05) is 42.0 Å². The van der Waals surface area contributed by atoms with Gasteiger partial charge in [0.2, 0.25) is 0 Å². The molecule has 138 valence electrons. The molecule has 0 unspecified atom stereocenters. The first-order chi connectivity index (χ1) is 13.1. The van der Waals surface area contributed by atoms with Gasteiger partial charge in [-0.3, -0.25) is 0 Å². The molecule has 0 radical (unpaired) electrons. The number of carbonyl (C=O) groups is 1. The topological polar surface area (TPSA) is 74.6 Å². The molecule has 1 aromatic heterocycles. The van der Waals surface area contributed by atoms with E-state index in [4.69, 9.17) is 4.42 Å². The molecule has 27 heavy (non-hydrogen) atoms. The molecular formula is C21H21N3O3. The largest absolute Gasteiger partial charge is 0.423 e. The Morgan fingerprint density at radius 2 is 2.04 bits per heavy atom. The maximum absolute atomic E-state index is 12.2. The van der Waals surface area contributed by atoms with Gasteiger partial charge in [0.1, 0.15) is 5.58 Å². The standard InChI is InChI=1S/C21H21N3O3/c1-14-12-15-4-2-3-5-18(15)24(14)11-10-22-21(26)23-17-7-8-19-16(13-17)6-9-20(25)27-19/h2-9,13-14H,10-12H2,1H3,(H2,22,23,26)/t14-/m1/s1. The zero-order valence-electron chi connectivity index (χ0n) is 15.1. The number of hydrogen-bond donors (Lipinski definition) is 2. The van der Waals surface area contributed by atoms with Crippen molar-refractivity contribution in [1.82, 2.24) is 5.32 Å². The number of amides is 2. The number of rotatable bonds is 4. The summed E-state index contributed by atoms with van der Waals surface area (Å²) in [5.41, 5.74) is 3.36. The highest BCUT2D eigenvalue weighted by Gasteiger charge is 2.24. The number of carbonyl (C=O) groups excluding carboxylic acids is 1. The van der Waals surface area contributed by atoms with E-state index in [0.717, 1.165) is 18.4 Å². The SMILES string of the molecule is C[C@@H]1Cc2ccccc2N1CCNC(=O)Nc1ccc2oc(=O)ccc2c1. The van der Waals surface area contributed by atoms with Crippen LogP contribution in [0.2, 0.25) is 0 Å². The molecule has 0 fully saturated rings. The molecule has 6 nitrogen and oxygen atoms in total.